The van der Waals surface area contributed by atoms with Gasteiger partial charge in [-0.15, -0.1) is 22.6 Å². The second-order valence-electron chi connectivity index (χ2n) is 5.94. The van der Waals surface area contributed by atoms with Crippen LogP contribution < -0.4 is 10.6 Å². The molecular weight excluding hydrogens is 340 g/mol. The predicted molar refractivity (Wildman–Crippen MR) is 88.8 cm³/mol. The average Bonchev–Trinajstić information content (AvgIpc) is 3.03. The number of hydrogen-bond acceptors (Lipinski definition) is 7. The molecule has 1 aliphatic carbocycles. The summed E-state index contributed by atoms with van der Waals surface area (Å²) in [7, 11) is 1.36. The Labute approximate surface area is 145 Å². The van der Waals surface area contributed by atoms with E-state index in [-0.39, 0.29) is 42.0 Å². The zero-order valence-electron chi connectivity index (χ0n) is 13.0. The van der Waals surface area contributed by atoms with Crippen molar-refractivity contribution in [3.63, 3.8) is 0 Å². The van der Waals surface area contributed by atoms with E-state index in [1.807, 2.05) is 0 Å². The Morgan fingerprint density at radius 1 is 1.39 bits per heavy atom. The van der Waals surface area contributed by atoms with Crippen molar-refractivity contribution in [3.8, 4) is 0 Å². The summed E-state index contributed by atoms with van der Waals surface area (Å²) in [5.41, 5.74) is 0.216. The van der Waals surface area contributed by atoms with E-state index >= 15 is 0 Å². The van der Waals surface area contributed by atoms with Crippen LogP contribution in [0.5, 0.6) is 0 Å². The van der Waals surface area contributed by atoms with Crippen molar-refractivity contribution in [1.29, 1.82) is 0 Å². The topological polar surface area (TPSA) is 93.2 Å². The lowest BCUT2D eigenvalue weighted by Crippen LogP contribution is -2.31. The Hall–Kier alpha value is -1.25. The number of rotatable bonds is 5. The van der Waals surface area contributed by atoms with Crippen LogP contribution in [0.2, 0.25) is 0 Å². The molecule has 1 atom stereocenters. The molecule has 2 N–H and O–H groups in total. The number of hydrogen-bond donors (Lipinski definition) is 2. The van der Waals surface area contributed by atoms with Crippen LogP contribution >= 0.6 is 23.7 Å². The number of esters is 1. The zero-order valence-corrected chi connectivity index (χ0v) is 14.6. The fourth-order valence-electron chi connectivity index (χ4n) is 3.10. The van der Waals surface area contributed by atoms with Gasteiger partial charge in [0.15, 0.2) is 0 Å². The Balaban J connectivity index is 0.00000192. The maximum atomic E-state index is 12.3. The molecule has 128 valence electrons. The van der Waals surface area contributed by atoms with Gasteiger partial charge in [0, 0.05) is 12.3 Å². The third kappa shape index (κ3) is 4.19. The number of carbonyl (C=O) groups excluding carboxylic acids is 2. The molecule has 1 amide bonds. The largest absolute Gasteiger partial charge is 0.469 e. The molecule has 1 spiro atoms. The van der Waals surface area contributed by atoms with Gasteiger partial charge in [-0.2, -0.15) is 0 Å². The number of anilines is 1. The Morgan fingerprint density at radius 2 is 2.13 bits per heavy atom. The molecular formula is C14H21ClN4O3S. The fraction of sp³-hybridized carbons (Fsp3) is 0.714. The van der Waals surface area contributed by atoms with Crippen molar-refractivity contribution >= 4 is 40.8 Å². The smallest absolute Gasteiger partial charge is 0.305 e. The minimum Gasteiger partial charge on any atom is -0.469 e. The first-order chi connectivity index (χ1) is 10.6. The summed E-state index contributed by atoms with van der Waals surface area (Å²) in [5, 5.41) is 15.4. The number of piperidine rings is 1. The number of methoxy groups -OCH3 is 1. The number of halogens is 1. The van der Waals surface area contributed by atoms with Crippen LogP contribution in [0.4, 0.5) is 5.13 Å². The second kappa shape index (κ2) is 7.55. The molecule has 1 saturated heterocycles. The van der Waals surface area contributed by atoms with Gasteiger partial charge in [0.2, 0.25) is 11.0 Å². The monoisotopic (exact) mass is 360 g/mol. The quantitative estimate of drug-likeness (QED) is 0.771. The van der Waals surface area contributed by atoms with E-state index in [0.717, 1.165) is 37.4 Å². The summed E-state index contributed by atoms with van der Waals surface area (Å²) >= 11 is 1.32. The lowest BCUT2D eigenvalue weighted by Gasteiger charge is -2.22. The highest BCUT2D eigenvalue weighted by Crippen LogP contribution is 2.58. The van der Waals surface area contributed by atoms with Crippen LogP contribution in [-0.2, 0) is 20.7 Å². The van der Waals surface area contributed by atoms with Crippen LogP contribution in [0.1, 0.15) is 30.7 Å². The van der Waals surface area contributed by atoms with Gasteiger partial charge in [-0.05, 0) is 37.8 Å². The molecule has 1 aliphatic heterocycles. The molecule has 2 aliphatic rings. The van der Waals surface area contributed by atoms with Gasteiger partial charge in [-0.1, -0.05) is 11.3 Å². The van der Waals surface area contributed by atoms with Crippen molar-refractivity contribution < 1.29 is 14.3 Å². The van der Waals surface area contributed by atoms with Gasteiger partial charge in [0.25, 0.3) is 0 Å². The summed E-state index contributed by atoms with van der Waals surface area (Å²) in [4.78, 5) is 23.4. The third-order valence-corrected chi connectivity index (χ3v) is 5.47. The van der Waals surface area contributed by atoms with Gasteiger partial charge in [-0.3, -0.25) is 9.59 Å². The summed E-state index contributed by atoms with van der Waals surface area (Å²) in [6.07, 6.45) is 3.89. The van der Waals surface area contributed by atoms with Crippen LogP contribution in [0.15, 0.2) is 0 Å². The van der Waals surface area contributed by atoms with Crippen molar-refractivity contribution in [2.24, 2.45) is 11.3 Å². The molecule has 1 aromatic rings. The maximum absolute atomic E-state index is 12.3. The highest BCUT2D eigenvalue weighted by Gasteiger charge is 2.57. The van der Waals surface area contributed by atoms with Crippen LogP contribution in [0, 0.1) is 11.3 Å². The number of aryl methyl sites for hydroxylation is 1. The molecule has 2 fully saturated rings. The van der Waals surface area contributed by atoms with Crippen LogP contribution in [0.25, 0.3) is 0 Å². The van der Waals surface area contributed by atoms with E-state index in [0.29, 0.717) is 11.6 Å². The number of nitrogens with zero attached hydrogens (tertiary/aromatic N) is 2. The third-order valence-electron chi connectivity index (χ3n) is 4.57. The van der Waals surface area contributed by atoms with Gasteiger partial charge in [-0.25, -0.2) is 0 Å². The van der Waals surface area contributed by atoms with E-state index in [9.17, 15) is 9.59 Å². The minimum absolute atomic E-state index is 0. The van der Waals surface area contributed by atoms with Crippen molar-refractivity contribution in [2.45, 2.75) is 32.1 Å². The Bertz CT molecular complexity index is 574. The first-order valence-electron chi connectivity index (χ1n) is 7.54. The van der Waals surface area contributed by atoms with Gasteiger partial charge < -0.3 is 15.4 Å². The molecule has 23 heavy (non-hydrogen) atoms. The standard InChI is InChI=1S/C14H20N4O3S.ClH/c1-21-11(19)3-2-10-17-18-13(22-10)16-12(20)9-8-14(9)4-6-15-7-5-14;/h9,15H,2-8H2,1H3,(H,16,18,20);1H. The van der Waals surface area contributed by atoms with Crippen molar-refractivity contribution in [3.05, 3.63) is 5.01 Å². The first-order valence-corrected chi connectivity index (χ1v) is 8.35. The summed E-state index contributed by atoms with van der Waals surface area (Å²) < 4.78 is 4.59. The number of aromatic nitrogens is 2. The normalized spacial score (nSPS) is 21.3. The number of amides is 1. The van der Waals surface area contributed by atoms with E-state index in [1.165, 1.54) is 18.4 Å². The van der Waals surface area contributed by atoms with Gasteiger partial charge in [0.1, 0.15) is 5.01 Å². The summed E-state index contributed by atoms with van der Waals surface area (Å²) in [5.74, 6) is -0.110. The zero-order chi connectivity index (χ0) is 15.6. The van der Waals surface area contributed by atoms with Crippen molar-refractivity contribution in [2.75, 3.05) is 25.5 Å². The van der Waals surface area contributed by atoms with Gasteiger partial charge >= 0.3 is 5.97 Å². The Kier molecular flexibility index (Phi) is 5.94. The minimum atomic E-state index is -0.272. The van der Waals surface area contributed by atoms with Crippen molar-refractivity contribution in [1.82, 2.24) is 15.5 Å². The highest BCUT2D eigenvalue weighted by molar-refractivity contribution is 7.15. The van der Waals surface area contributed by atoms with E-state index in [1.54, 1.807) is 0 Å². The highest BCUT2D eigenvalue weighted by atomic mass is 35.5. The molecule has 1 unspecified atom stereocenters. The molecule has 0 bridgehead atoms. The van der Waals surface area contributed by atoms with E-state index in [2.05, 4.69) is 25.6 Å². The summed E-state index contributed by atoms with van der Waals surface area (Å²) in [6.45, 7) is 2.00. The molecule has 3 rings (SSSR count). The Morgan fingerprint density at radius 3 is 2.83 bits per heavy atom. The molecule has 1 aromatic heterocycles. The SMILES string of the molecule is COC(=O)CCc1nnc(NC(=O)C2CC23CCNCC3)s1.Cl. The van der Waals surface area contributed by atoms with E-state index < -0.39 is 0 Å². The molecule has 1 saturated carbocycles. The first kappa shape index (κ1) is 18.1. The van der Waals surface area contributed by atoms with Crippen LogP contribution in [-0.4, -0.2) is 42.3 Å². The molecule has 0 aromatic carbocycles. The second-order valence-corrected chi connectivity index (χ2v) is 7.00. The maximum Gasteiger partial charge on any atom is 0.305 e. The van der Waals surface area contributed by atoms with E-state index in [4.69, 9.17) is 0 Å². The fourth-order valence-corrected chi connectivity index (χ4v) is 3.85. The average molecular weight is 361 g/mol. The molecule has 2 heterocycles. The lowest BCUT2D eigenvalue weighted by atomic mass is 9.92. The van der Waals surface area contributed by atoms with Crippen LogP contribution in [0.3, 0.4) is 0 Å². The summed E-state index contributed by atoms with van der Waals surface area (Å²) in [6, 6.07) is 0. The number of carbonyl (C=O) groups is 2. The number of ether oxygens (including phenoxy) is 1. The molecule has 9 heteroatoms. The number of nitrogens with one attached hydrogen (secondary N) is 2. The lowest BCUT2D eigenvalue weighted by molar-refractivity contribution is -0.140. The molecule has 0 radical (unpaired) electrons. The van der Waals surface area contributed by atoms with Gasteiger partial charge in [0.05, 0.1) is 13.5 Å². The molecule has 7 nitrogen and oxygen atoms in total. The predicted octanol–water partition coefficient (Wildman–Crippen LogP) is 1.39.